The van der Waals surface area contributed by atoms with Crippen LogP contribution in [0.1, 0.15) is 19.8 Å². The van der Waals surface area contributed by atoms with Gasteiger partial charge in [-0.2, -0.15) is 5.11 Å². The average Bonchev–Trinajstić information content (AvgIpc) is 2.03. The Morgan fingerprint density at radius 1 is 1.38 bits per heavy atom. The summed E-state index contributed by atoms with van der Waals surface area (Å²) in [5, 5.41) is 7.27. The topological polar surface area (TPSA) is 45.0 Å². The van der Waals surface area contributed by atoms with E-state index in [-0.39, 0.29) is 18.3 Å². The van der Waals surface area contributed by atoms with Gasteiger partial charge in [-0.1, -0.05) is 6.92 Å². The number of halogens is 1. The third-order valence-corrected chi connectivity index (χ3v) is 1.35. The first-order chi connectivity index (χ1) is 5.66. The van der Waals surface area contributed by atoms with E-state index in [1.165, 1.54) is 0 Å². The minimum absolute atomic E-state index is 0. The zero-order valence-corrected chi connectivity index (χ0v) is 9.30. The Hall–Kier alpha value is -0.480. The molecule has 0 heterocycles. The summed E-state index contributed by atoms with van der Waals surface area (Å²) < 4.78 is 0. The molecule has 0 N–H and O–H groups in total. The molecule has 0 bridgehead atoms. The van der Waals surface area contributed by atoms with Crippen LogP contribution in [0, 0.1) is 0 Å². The molecule has 0 atom stereocenters. The van der Waals surface area contributed by atoms with Crippen molar-refractivity contribution in [2.45, 2.75) is 19.8 Å². The maximum absolute atomic E-state index is 10.6. The fourth-order valence-electron chi connectivity index (χ4n) is 0.657. The molecule has 0 rings (SSSR count). The molecule has 1 amide bonds. The van der Waals surface area contributed by atoms with Gasteiger partial charge in [0, 0.05) is 6.42 Å². The Kier molecular flexibility index (Phi) is 11.1. The van der Waals surface area contributed by atoms with E-state index in [0.29, 0.717) is 13.0 Å². The van der Waals surface area contributed by atoms with E-state index in [0.717, 1.165) is 13.0 Å². The molecule has 0 saturated carbocycles. The molecule has 0 aliphatic heterocycles. The maximum atomic E-state index is 10.6. The van der Waals surface area contributed by atoms with Crippen molar-refractivity contribution in [3.05, 3.63) is 0 Å². The molecular formula is C8H18ClN3O. The van der Waals surface area contributed by atoms with E-state index in [1.807, 2.05) is 14.1 Å². The Morgan fingerprint density at radius 2 is 2.00 bits per heavy atom. The van der Waals surface area contributed by atoms with E-state index >= 15 is 0 Å². The van der Waals surface area contributed by atoms with Crippen molar-refractivity contribution in [1.29, 1.82) is 0 Å². The minimum atomic E-state index is -0.139. The van der Waals surface area contributed by atoms with Crippen molar-refractivity contribution in [1.82, 2.24) is 4.90 Å². The predicted molar refractivity (Wildman–Crippen MR) is 55.4 cm³/mol. The van der Waals surface area contributed by atoms with Crippen LogP contribution in [0.25, 0.3) is 0 Å². The Bertz CT molecular complexity index is 159. The van der Waals surface area contributed by atoms with Gasteiger partial charge < -0.3 is 4.90 Å². The van der Waals surface area contributed by atoms with Crippen LogP contribution < -0.4 is 0 Å². The monoisotopic (exact) mass is 207 g/mol. The summed E-state index contributed by atoms with van der Waals surface area (Å²) in [6, 6.07) is 0. The van der Waals surface area contributed by atoms with Crippen molar-refractivity contribution in [2.24, 2.45) is 10.2 Å². The van der Waals surface area contributed by atoms with Crippen LogP contribution in [-0.2, 0) is 4.79 Å². The molecule has 0 aliphatic rings. The van der Waals surface area contributed by atoms with Crippen LogP contribution in [-0.4, -0.2) is 38.0 Å². The quantitative estimate of drug-likeness (QED) is 0.509. The fourth-order valence-corrected chi connectivity index (χ4v) is 0.657. The van der Waals surface area contributed by atoms with Crippen molar-refractivity contribution in [2.75, 3.05) is 27.2 Å². The SMILES string of the molecule is CCC(=O)N=NCCCN(C)C.Cl. The van der Waals surface area contributed by atoms with Crippen molar-refractivity contribution in [3.8, 4) is 0 Å². The molecule has 0 saturated heterocycles. The third-order valence-electron chi connectivity index (χ3n) is 1.35. The maximum Gasteiger partial charge on any atom is 0.264 e. The van der Waals surface area contributed by atoms with Crippen LogP contribution in [0.3, 0.4) is 0 Å². The van der Waals surface area contributed by atoms with Gasteiger partial charge in [-0.3, -0.25) is 4.79 Å². The van der Waals surface area contributed by atoms with Crippen molar-refractivity contribution >= 4 is 18.3 Å². The molecule has 0 aromatic rings. The van der Waals surface area contributed by atoms with Crippen LogP contribution in [0.5, 0.6) is 0 Å². The first kappa shape index (κ1) is 15.0. The molecule has 0 spiro atoms. The largest absolute Gasteiger partial charge is 0.309 e. The van der Waals surface area contributed by atoms with Gasteiger partial charge in [0.05, 0.1) is 6.54 Å². The summed E-state index contributed by atoms with van der Waals surface area (Å²) in [7, 11) is 4.02. The molecule has 0 fully saturated rings. The number of hydrogen-bond donors (Lipinski definition) is 0. The van der Waals surface area contributed by atoms with Crippen LogP contribution in [0.4, 0.5) is 0 Å². The number of carbonyl (C=O) groups is 1. The highest BCUT2D eigenvalue weighted by atomic mass is 35.5. The highest BCUT2D eigenvalue weighted by Crippen LogP contribution is 1.88. The standard InChI is InChI=1S/C8H17N3O.ClH/c1-4-8(12)10-9-6-5-7-11(2)3;/h4-7H2,1-3H3;1H. The van der Waals surface area contributed by atoms with E-state index in [2.05, 4.69) is 15.1 Å². The second-order valence-corrected chi connectivity index (χ2v) is 2.87. The molecule has 4 nitrogen and oxygen atoms in total. The number of azo groups is 1. The number of carbonyl (C=O) groups excluding carboxylic acids is 1. The summed E-state index contributed by atoms with van der Waals surface area (Å²) in [5.74, 6) is -0.139. The number of hydrogen-bond acceptors (Lipinski definition) is 3. The van der Waals surface area contributed by atoms with E-state index in [1.54, 1.807) is 6.92 Å². The molecule has 5 heteroatoms. The van der Waals surface area contributed by atoms with E-state index in [4.69, 9.17) is 0 Å². The number of amides is 1. The molecular weight excluding hydrogens is 190 g/mol. The zero-order chi connectivity index (χ0) is 9.40. The minimum Gasteiger partial charge on any atom is -0.309 e. The Balaban J connectivity index is 0. The lowest BCUT2D eigenvalue weighted by Crippen LogP contribution is -2.13. The van der Waals surface area contributed by atoms with Gasteiger partial charge in [-0.15, -0.1) is 17.5 Å². The molecule has 0 radical (unpaired) electrons. The summed E-state index contributed by atoms with van der Waals surface area (Å²) in [6.07, 6.45) is 1.39. The van der Waals surface area contributed by atoms with Gasteiger partial charge in [0.1, 0.15) is 0 Å². The van der Waals surface area contributed by atoms with Crippen LogP contribution in [0.2, 0.25) is 0 Å². The van der Waals surface area contributed by atoms with Gasteiger partial charge in [0.15, 0.2) is 0 Å². The summed E-state index contributed by atoms with van der Waals surface area (Å²) in [6.45, 7) is 3.41. The first-order valence-corrected chi connectivity index (χ1v) is 4.22. The van der Waals surface area contributed by atoms with Crippen molar-refractivity contribution < 1.29 is 4.79 Å². The molecule has 0 unspecified atom stereocenters. The van der Waals surface area contributed by atoms with Gasteiger partial charge in [-0.25, -0.2) is 0 Å². The number of rotatable bonds is 5. The fraction of sp³-hybridized carbons (Fsp3) is 0.875. The lowest BCUT2D eigenvalue weighted by molar-refractivity contribution is -0.118. The highest BCUT2D eigenvalue weighted by Gasteiger charge is 1.92. The normalized spacial score (nSPS) is 10.5. The second kappa shape index (κ2) is 9.61. The summed E-state index contributed by atoms with van der Waals surface area (Å²) in [4.78, 5) is 12.7. The summed E-state index contributed by atoms with van der Waals surface area (Å²) >= 11 is 0. The van der Waals surface area contributed by atoms with Gasteiger partial charge in [-0.05, 0) is 27.1 Å². The highest BCUT2D eigenvalue weighted by molar-refractivity contribution is 5.85. The van der Waals surface area contributed by atoms with Gasteiger partial charge in [0.2, 0.25) is 0 Å². The molecule has 0 aromatic heterocycles. The van der Waals surface area contributed by atoms with E-state index < -0.39 is 0 Å². The second-order valence-electron chi connectivity index (χ2n) is 2.87. The van der Waals surface area contributed by atoms with Gasteiger partial charge >= 0.3 is 0 Å². The van der Waals surface area contributed by atoms with Crippen LogP contribution >= 0.6 is 12.4 Å². The first-order valence-electron chi connectivity index (χ1n) is 4.22. The summed E-state index contributed by atoms with van der Waals surface area (Å²) in [5.41, 5.74) is 0. The van der Waals surface area contributed by atoms with Crippen molar-refractivity contribution in [3.63, 3.8) is 0 Å². The van der Waals surface area contributed by atoms with Gasteiger partial charge in [0.25, 0.3) is 5.91 Å². The third kappa shape index (κ3) is 11.5. The zero-order valence-electron chi connectivity index (χ0n) is 8.49. The Morgan fingerprint density at radius 3 is 2.46 bits per heavy atom. The lowest BCUT2D eigenvalue weighted by Gasteiger charge is -2.05. The molecule has 0 aliphatic carbocycles. The Labute approximate surface area is 85.8 Å². The molecule has 78 valence electrons. The molecule has 0 aromatic carbocycles. The average molecular weight is 208 g/mol. The number of nitrogens with zero attached hydrogens (tertiary/aromatic N) is 3. The molecule has 13 heavy (non-hydrogen) atoms. The predicted octanol–water partition coefficient (Wildman–Crippen LogP) is 1.75. The smallest absolute Gasteiger partial charge is 0.264 e. The lowest BCUT2D eigenvalue weighted by atomic mass is 10.4. The van der Waals surface area contributed by atoms with E-state index in [9.17, 15) is 4.79 Å². The van der Waals surface area contributed by atoms with Crippen LogP contribution in [0.15, 0.2) is 10.2 Å².